The molecule has 0 bridgehead atoms. The zero-order valence-electron chi connectivity index (χ0n) is 14.7. The Morgan fingerprint density at radius 1 is 1.18 bits per heavy atom. The third kappa shape index (κ3) is 5.15. The molecule has 1 heterocycles. The van der Waals surface area contributed by atoms with Crippen LogP contribution in [0.25, 0.3) is 5.69 Å². The van der Waals surface area contributed by atoms with Crippen molar-refractivity contribution < 1.29 is 14.7 Å². The van der Waals surface area contributed by atoms with E-state index >= 15 is 0 Å². The predicted molar refractivity (Wildman–Crippen MR) is 105 cm³/mol. The van der Waals surface area contributed by atoms with Crippen molar-refractivity contribution in [3.8, 4) is 5.69 Å². The van der Waals surface area contributed by atoms with Crippen LogP contribution in [0.4, 0.5) is 5.69 Å². The molecule has 144 valence electrons. The molecular formula is C19H18ClN5O3. The van der Waals surface area contributed by atoms with Crippen molar-refractivity contribution in [3.63, 3.8) is 0 Å². The van der Waals surface area contributed by atoms with Gasteiger partial charge in [0, 0.05) is 5.02 Å². The van der Waals surface area contributed by atoms with Crippen LogP contribution in [0.1, 0.15) is 5.56 Å². The maximum absolute atomic E-state index is 12.4. The van der Waals surface area contributed by atoms with Gasteiger partial charge in [-0.3, -0.25) is 14.9 Å². The van der Waals surface area contributed by atoms with Crippen molar-refractivity contribution >= 4 is 29.2 Å². The number of aliphatic carboxylic acids is 1. The van der Waals surface area contributed by atoms with E-state index in [1.54, 1.807) is 24.4 Å². The molecule has 0 radical (unpaired) electrons. The molecule has 0 spiro atoms. The summed E-state index contributed by atoms with van der Waals surface area (Å²) in [5, 5.41) is 23.0. The summed E-state index contributed by atoms with van der Waals surface area (Å²) in [7, 11) is 0. The standard InChI is InChI=1S/C19H18ClN5O3/c20-14-6-7-17(25-9-8-22-24-25)15(11-14)23-18(26)12-21-16(19(27)28)10-13-4-2-1-3-5-13/h1-9,11,16,21H,10,12H2,(H,23,26)(H,27,28)/t16-/m0/s1. The fraction of sp³-hybridized carbons (Fsp3) is 0.158. The van der Waals surface area contributed by atoms with Gasteiger partial charge in [-0.1, -0.05) is 47.1 Å². The van der Waals surface area contributed by atoms with E-state index in [1.165, 1.54) is 10.9 Å². The molecule has 0 saturated heterocycles. The first-order valence-electron chi connectivity index (χ1n) is 8.49. The van der Waals surface area contributed by atoms with Gasteiger partial charge in [0.15, 0.2) is 0 Å². The van der Waals surface area contributed by atoms with Gasteiger partial charge in [-0.05, 0) is 30.2 Å². The topological polar surface area (TPSA) is 109 Å². The molecule has 1 amide bonds. The number of carbonyl (C=O) groups excluding carboxylic acids is 1. The van der Waals surface area contributed by atoms with E-state index in [9.17, 15) is 14.7 Å². The lowest BCUT2D eigenvalue weighted by molar-refractivity contribution is -0.139. The molecule has 0 aliphatic carbocycles. The second-order valence-corrected chi connectivity index (χ2v) is 6.46. The fourth-order valence-corrected chi connectivity index (χ4v) is 2.82. The van der Waals surface area contributed by atoms with Crippen LogP contribution in [0.5, 0.6) is 0 Å². The highest BCUT2D eigenvalue weighted by Gasteiger charge is 2.19. The maximum atomic E-state index is 12.4. The number of hydrogen-bond acceptors (Lipinski definition) is 5. The normalized spacial score (nSPS) is 11.8. The van der Waals surface area contributed by atoms with E-state index in [2.05, 4.69) is 20.9 Å². The van der Waals surface area contributed by atoms with Crippen molar-refractivity contribution in [2.24, 2.45) is 0 Å². The molecule has 9 heteroatoms. The van der Waals surface area contributed by atoms with E-state index in [4.69, 9.17) is 11.6 Å². The number of halogens is 1. The number of nitrogens with zero attached hydrogens (tertiary/aromatic N) is 3. The summed E-state index contributed by atoms with van der Waals surface area (Å²) in [6.07, 6.45) is 3.42. The van der Waals surface area contributed by atoms with Crippen molar-refractivity contribution in [2.45, 2.75) is 12.5 Å². The second-order valence-electron chi connectivity index (χ2n) is 6.02. The van der Waals surface area contributed by atoms with Crippen LogP contribution < -0.4 is 10.6 Å². The summed E-state index contributed by atoms with van der Waals surface area (Å²) in [4.78, 5) is 23.9. The first-order chi connectivity index (χ1) is 13.5. The number of nitrogens with one attached hydrogen (secondary N) is 2. The molecule has 0 aliphatic heterocycles. The summed E-state index contributed by atoms with van der Waals surface area (Å²) in [6, 6.07) is 13.3. The summed E-state index contributed by atoms with van der Waals surface area (Å²) in [5.41, 5.74) is 1.90. The van der Waals surface area contributed by atoms with Crippen LogP contribution >= 0.6 is 11.6 Å². The minimum Gasteiger partial charge on any atom is -0.480 e. The summed E-state index contributed by atoms with van der Waals surface area (Å²) in [6.45, 7) is -0.174. The highest BCUT2D eigenvalue weighted by molar-refractivity contribution is 6.31. The zero-order valence-corrected chi connectivity index (χ0v) is 15.5. The summed E-state index contributed by atoms with van der Waals surface area (Å²) in [5.74, 6) is -1.43. The van der Waals surface area contributed by atoms with Gasteiger partial charge >= 0.3 is 5.97 Å². The molecule has 1 atom stereocenters. The Bertz CT molecular complexity index is 947. The number of carbonyl (C=O) groups is 2. The Hall–Kier alpha value is -3.23. The molecule has 8 nitrogen and oxygen atoms in total. The first kappa shape index (κ1) is 19.5. The average molecular weight is 400 g/mol. The lowest BCUT2D eigenvalue weighted by Gasteiger charge is -2.15. The van der Waals surface area contributed by atoms with Gasteiger partial charge in [-0.25, -0.2) is 4.68 Å². The van der Waals surface area contributed by atoms with Crippen LogP contribution in [-0.4, -0.2) is 44.6 Å². The van der Waals surface area contributed by atoms with Gasteiger partial charge < -0.3 is 10.4 Å². The molecule has 28 heavy (non-hydrogen) atoms. The van der Waals surface area contributed by atoms with Crippen molar-refractivity contribution in [1.82, 2.24) is 20.3 Å². The molecule has 0 unspecified atom stereocenters. The molecule has 0 fully saturated rings. The molecular weight excluding hydrogens is 382 g/mol. The van der Waals surface area contributed by atoms with Crippen LogP contribution in [0, 0.1) is 0 Å². The SMILES string of the molecule is O=C(CN[C@@H](Cc1ccccc1)C(=O)O)Nc1cc(Cl)ccc1-n1ccnn1. The number of amides is 1. The number of carboxylic acids is 1. The van der Waals surface area contributed by atoms with Crippen LogP contribution in [0.2, 0.25) is 5.02 Å². The van der Waals surface area contributed by atoms with E-state index in [1.807, 2.05) is 30.3 Å². The molecule has 3 N–H and O–H groups in total. The lowest BCUT2D eigenvalue weighted by atomic mass is 10.1. The molecule has 0 aliphatic rings. The Kier molecular flexibility index (Phi) is 6.36. The minimum atomic E-state index is -1.03. The van der Waals surface area contributed by atoms with Gasteiger partial charge in [0.05, 0.1) is 30.3 Å². The van der Waals surface area contributed by atoms with E-state index < -0.39 is 17.9 Å². The Balaban J connectivity index is 1.65. The maximum Gasteiger partial charge on any atom is 0.321 e. The quantitative estimate of drug-likeness (QED) is 0.535. The number of benzene rings is 2. The van der Waals surface area contributed by atoms with Gasteiger partial charge in [0.2, 0.25) is 5.91 Å². The minimum absolute atomic E-state index is 0.174. The average Bonchev–Trinajstić information content (AvgIpc) is 3.20. The fourth-order valence-electron chi connectivity index (χ4n) is 2.65. The van der Waals surface area contributed by atoms with Crippen LogP contribution in [0.15, 0.2) is 60.9 Å². The lowest BCUT2D eigenvalue weighted by Crippen LogP contribution is -2.42. The van der Waals surface area contributed by atoms with E-state index in [-0.39, 0.29) is 13.0 Å². The monoisotopic (exact) mass is 399 g/mol. The first-order valence-corrected chi connectivity index (χ1v) is 8.87. The van der Waals surface area contributed by atoms with E-state index in [0.29, 0.717) is 16.4 Å². The van der Waals surface area contributed by atoms with Gasteiger partial charge in [0.25, 0.3) is 0 Å². The Morgan fingerprint density at radius 3 is 2.64 bits per heavy atom. The van der Waals surface area contributed by atoms with Crippen molar-refractivity contribution in [2.75, 3.05) is 11.9 Å². The van der Waals surface area contributed by atoms with Gasteiger partial charge in [-0.15, -0.1) is 5.10 Å². The largest absolute Gasteiger partial charge is 0.480 e. The van der Waals surface area contributed by atoms with Crippen molar-refractivity contribution in [1.29, 1.82) is 0 Å². The van der Waals surface area contributed by atoms with Crippen LogP contribution in [-0.2, 0) is 16.0 Å². The zero-order chi connectivity index (χ0) is 19.9. The third-order valence-electron chi connectivity index (χ3n) is 3.99. The summed E-state index contributed by atoms with van der Waals surface area (Å²) < 4.78 is 1.49. The number of aromatic nitrogens is 3. The number of carboxylic acid groups (broad SMARTS) is 1. The van der Waals surface area contributed by atoms with E-state index in [0.717, 1.165) is 5.56 Å². The second kappa shape index (κ2) is 9.12. The van der Waals surface area contributed by atoms with Crippen LogP contribution in [0.3, 0.4) is 0 Å². The Labute approximate surface area is 166 Å². The Morgan fingerprint density at radius 2 is 1.96 bits per heavy atom. The molecule has 3 aromatic rings. The number of rotatable bonds is 8. The smallest absolute Gasteiger partial charge is 0.321 e. The molecule has 3 rings (SSSR count). The molecule has 0 saturated carbocycles. The highest BCUT2D eigenvalue weighted by atomic mass is 35.5. The third-order valence-corrected chi connectivity index (χ3v) is 4.23. The van der Waals surface area contributed by atoms with Gasteiger partial charge in [0.1, 0.15) is 6.04 Å². The van der Waals surface area contributed by atoms with Gasteiger partial charge in [-0.2, -0.15) is 0 Å². The molecule has 2 aromatic carbocycles. The number of hydrogen-bond donors (Lipinski definition) is 3. The highest BCUT2D eigenvalue weighted by Crippen LogP contribution is 2.23. The molecule has 1 aromatic heterocycles. The summed E-state index contributed by atoms with van der Waals surface area (Å²) >= 11 is 6.03. The van der Waals surface area contributed by atoms with Crippen molar-refractivity contribution in [3.05, 3.63) is 71.5 Å². The number of anilines is 1. The predicted octanol–water partition coefficient (Wildman–Crippen LogP) is 2.14.